The lowest BCUT2D eigenvalue weighted by molar-refractivity contribution is 0.239. The zero-order valence-electron chi connectivity index (χ0n) is 18.6. The Bertz CT molecular complexity index is 432. The third-order valence-electron chi connectivity index (χ3n) is 4.94. The Hall–Kier alpha value is -0.630. The summed E-state index contributed by atoms with van der Waals surface area (Å²) in [7, 11) is 0.857. The van der Waals surface area contributed by atoms with Crippen molar-refractivity contribution in [1.82, 2.24) is 0 Å². The molecule has 0 amide bonds. The van der Waals surface area contributed by atoms with Gasteiger partial charge in [0, 0.05) is 6.16 Å². The number of hydrogen-bond donors (Lipinski definition) is 0. The zero-order chi connectivity index (χ0) is 20.3. The van der Waals surface area contributed by atoms with Crippen LogP contribution in [-0.4, -0.2) is 20.3 Å². The molecular weight excluding hydrogens is 367 g/mol. The Labute approximate surface area is 175 Å². The Kier molecular flexibility index (Phi) is 16.7. The van der Waals surface area contributed by atoms with Crippen LogP contribution in [0.15, 0.2) is 24.3 Å². The molecule has 0 spiro atoms. The lowest BCUT2D eigenvalue weighted by atomic mass is 10.1. The molecule has 3 nitrogen and oxygen atoms in total. The monoisotopic (exact) mass is 410 g/mol. The molecule has 0 atom stereocenters. The average molecular weight is 411 g/mol. The molecule has 0 aliphatic heterocycles. The van der Waals surface area contributed by atoms with E-state index in [-0.39, 0.29) is 0 Å². The van der Waals surface area contributed by atoms with E-state index in [9.17, 15) is 0 Å². The third kappa shape index (κ3) is 13.5. The van der Waals surface area contributed by atoms with Crippen molar-refractivity contribution in [3.05, 3.63) is 29.8 Å². The van der Waals surface area contributed by atoms with Crippen LogP contribution < -0.4 is 4.74 Å². The van der Waals surface area contributed by atoms with E-state index in [1.807, 2.05) is 12.1 Å². The number of rotatable bonds is 19. The molecule has 0 heterocycles. The van der Waals surface area contributed by atoms with Crippen molar-refractivity contribution in [3.8, 4) is 5.75 Å². The van der Waals surface area contributed by atoms with E-state index in [2.05, 4.69) is 26.0 Å². The predicted octanol–water partition coefficient (Wildman–Crippen LogP) is 8.26. The van der Waals surface area contributed by atoms with Crippen molar-refractivity contribution in [2.45, 2.75) is 97.1 Å². The van der Waals surface area contributed by atoms with Gasteiger partial charge in [-0.15, -0.1) is 0 Å². The third-order valence-corrected chi connectivity index (χ3v) is 6.50. The normalized spacial score (nSPS) is 11.3. The molecule has 0 saturated carbocycles. The maximum atomic E-state index is 6.17. The highest BCUT2D eigenvalue weighted by Gasteiger charge is 2.12. The standard InChI is InChI=1S/C24H43O3P/c1-4-6-8-10-12-14-20-26-28(27-21-15-13-11-9-7-5-2)22-23-16-18-24(25-3)19-17-23/h16-19H,4-15,20-22H2,1-3H3. The van der Waals surface area contributed by atoms with E-state index < -0.39 is 8.38 Å². The summed E-state index contributed by atoms with van der Waals surface area (Å²) in [6, 6.07) is 8.28. The van der Waals surface area contributed by atoms with E-state index in [0.717, 1.165) is 38.0 Å². The number of methoxy groups -OCH3 is 1. The maximum Gasteiger partial charge on any atom is 0.175 e. The van der Waals surface area contributed by atoms with Crippen molar-refractivity contribution in [3.63, 3.8) is 0 Å². The molecule has 0 unspecified atom stereocenters. The molecule has 0 fully saturated rings. The summed E-state index contributed by atoms with van der Waals surface area (Å²) < 4.78 is 17.6. The van der Waals surface area contributed by atoms with E-state index >= 15 is 0 Å². The van der Waals surface area contributed by atoms with Crippen LogP contribution in [-0.2, 0) is 15.2 Å². The molecule has 0 aliphatic carbocycles. The van der Waals surface area contributed by atoms with Crippen LogP contribution in [0.3, 0.4) is 0 Å². The molecule has 0 saturated heterocycles. The predicted molar refractivity (Wildman–Crippen MR) is 122 cm³/mol. The molecule has 28 heavy (non-hydrogen) atoms. The first kappa shape index (κ1) is 25.4. The lowest BCUT2D eigenvalue weighted by Gasteiger charge is -2.18. The minimum absolute atomic E-state index is 0.824. The summed E-state index contributed by atoms with van der Waals surface area (Å²) in [5.41, 5.74) is 1.26. The lowest BCUT2D eigenvalue weighted by Crippen LogP contribution is -1.99. The maximum absolute atomic E-state index is 6.17. The number of hydrogen-bond acceptors (Lipinski definition) is 3. The van der Waals surface area contributed by atoms with Crippen molar-refractivity contribution < 1.29 is 13.8 Å². The van der Waals surface area contributed by atoms with Gasteiger partial charge in [0.05, 0.1) is 20.3 Å². The molecule has 1 rings (SSSR count). The summed E-state index contributed by atoms with van der Waals surface area (Å²) in [4.78, 5) is 0. The Balaban J connectivity index is 2.31. The van der Waals surface area contributed by atoms with Gasteiger partial charge in [0.2, 0.25) is 0 Å². The van der Waals surface area contributed by atoms with Crippen LogP contribution in [0.1, 0.15) is 96.5 Å². The van der Waals surface area contributed by atoms with Crippen molar-refractivity contribution >= 4 is 8.38 Å². The van der Waals surface area contributed by atoms with Gasteiger partial charge in [0.1, 0.15) is 5.75 Å². The first-order valence-electron chi connectivity index (χ1n) is 11.5. The topological polar surface area (TPSA) is 27.7 Å². The summed E-state index contributed by atoms with van der Waals surface area (Å²) in [6.07, 6.45) is 16.4. The minimum atomic E-state index is -0.847. The van der Waals surface area contributed by atoms with Gasteiger partial charge in [-0.1, -0.05) is 90.2 Å². The first-order chi connectivity index (χ1) is 13.8. The van der Waals surface area contributed by atoms with E-state index in [1.54, 1.807) is 7.11 Å². The first-order valence-corrected chi connectivity index (χ1v) is 12.8. The van der Waals surface area contributed by atoms with Crippen LogP contribution >= 0.6 is 8.38 Å². The highest BCUT2D eigenvalue weighted by atomic mass is 31.2. The smallest absolute Gasteiger partial charge is 0.175 e. The number of benzene rings is 1. The summed E-state index contributed by atoms with van der Waals surface area (Å²) >= 11 is 0. The molecule has 0 aliphatic rings. The fraction of sp³-hybridized carbons (Fsp3) is 0.750. The van der Waals surface area contributed by atoms with Gasteiger partial charge < -0.3 is 13.8 Å². The summed E-state index contributed by atoms with van der Waals surface area (Å²) in [5, 5.41) is 0. The Morgan fingerprint density at radius 1 is 0.643 bits per heavy atom. The molecule has 162 valence electrons. The fourth-order valence-electron chi connectivity index (χ4n) is 3.11. The second-order valence-corrected chi connectivity index (χ2v) is 9.04. The summed E-state index contributed by atoms with van der Waals surface area (Å²) in [6.45, 7) is 6.17. The van der Waals surface area contributed by atoms with Crippen LogP contribution in [0.4, 0.5) is 0 Å². The number of unbranched alkanes of at least 4 members (excludes halogenated alkanes) is 10. The molecule has 1 aromatic rings. The molecular formula is C24H43O3P. The van der Waals surface area contributed by atoms with Crippen LogP contribution in [0.25, 0.3) is 0 Å². The summed E-state index contributed by atoms with van der Waals surface area (Å²) in [5.74, 6) is 0.897. The molecule has 1 aromatic carbocycles. The molecule has 4 heteroatoms. The van der Waals surface area contributed by atoms with E-state index in [4.69, 9.17) is 13.8 Å². The average Bonchev–Trinajstić information content (AvgIpc) is 2.72. The Morgan fingerprint density at radius 3 is 1.57 bits per heavy atom. The quantitative estimate of drug-likeness (QED) is 0.170. The second kappa shape index (κ2) is 18.4. The molecule has 0 N–H and O–H groups in total. The van der Waals surface area contributed by atoms with Gasteiger partial charge in [-0.05, 0) is 30.5 Å². The van der Waals surface area contributed by atoms with Crippen LogP contribution in [0.2, 0.25) is 0 Å². The van der Waals surface area contributed by atoms with Gasteiger partial charge in [-0.2, -0.15) is 0 Å². The highest BCUT2D eigenvalue weighted by Crippen LogP contribution is 2.42. The zero-order valence-corrected chi connectivity index (χ0v) is 19.5. The van der Waals surface area contributed by atoms with Crippen molar-refractivity contribution in [1.29, 1.82) is 0 Å². The SMILES string of the molecule is CCCCCCCCOP(Cc1ccc(OC)cc1)OCCCCCCCC. The number of ether oxygens (including phenoxy) is 1. The van der Waals surface area contributed by atoms with Crippen LogP contribution in [0, 0.1) is 0 Å². The van der Waals surface area contributed by atoms with E-state index in [0.29, 0.717) is 0 Å². The Morgan fingerprint density at radius 2 is 1.11 bits per heavy atom. The largest absolute Gasteiger partial charge is 0.497 e. The van der Waals surface area contributed by atoms with Crippen LogP contribution in [0.5, 0.6) is 5.75 Å². The van der Waals surface area contributed by atoms with Crippen molar-refractivity contribution in [2.75, 3.05) is 20.3 Å². The van der Waals surface area contributed by atoms with Gasteiger partial charge in [-0.25, -0.2) is 0 Å². The highest BCUT2D eigenvalue weighted by molar-refractivity contribution is 7.46. The fourth-order valence-corrected chi connectivity index (χ4v) is 4.54. The second-order valence-electron chi connectivity index (χ2n) is 7.54. The molecule has 0 radical (unpaired) electrons. The van der Waals surface area contributed by atoms with Gasteiger partial charge in [0.15, 0.2) is 8.38 Å². The van der Waals surface area contributed by atoms with Gasteiger partial charge >= 0.3 is 0 Å². The van der Waals surface area contributed by atoms with Gasteiger partial charge in [-0.3, -0.25) is 0 Å². The minimum Gasteiger partial charge on any atom is -0.497 e. The van der Waals surface area contributed by atoms with E-state index in [1.165, 1.54) is 69.8 Å². The molecule has 0 aromatic heterocycles. The molecule has 0 bridgehead atoms. The van der Waals surface area contributed by atoms with Crippen molar-refractivity contribution in [2.24, 2.45) is 0 Å². The van der Waals surface area contributed by atoms with Gasteiger partial charge in [0.25, 0.3) is 0 Å².